The maximum absolute atomic E-state index is 14.2. The molecule has 0 unspecified atom stereocenters. The highest BCUT2D eigenvalue weighted by Gasteiger charge is 2.35. The molecule has 0 aliphatic heterocycles. The molecule has 4 rings (SSSR count). The highest BCUT2D eigenvalue weighted by Crippen LogP contribution is 2.36. The van der Waals surface area contributed by atoms with Crippen LogP contribution in [0, 0.1) is 5.82 Å². The van der Waals surface area contributed by atoms with Crippen molar-refractivity contribution in [3.63, 3.8) is 0 Å². The zero-order chi connectivity index (χ0) is 27.3. The van der Waals surface area contributed by atoms with E-state index in [1.54, 1.807) is 48.6 Å². The molecule has 0 spiro atoms. The summed E-state index contributed by atoms with van der Waals surface area (Å²) < 4.78 is 57.3. The Morgan fingerprint density at radius 2 is 1.76 bits per heavy atom. The predicted octanol–water partition coefficient (Wildman–Crippen LogP) is 7.51. The predicted molar refractivity (Wildman–Crippen MR) is 144 cm³/mol. The minimum Gasteiger partial charge on any atom is -0.366 e. The summed E-state index contributed by atoms with van der Waals surface area (Å²) in [7, 11) is 0. The zero-order valence-corrected chi connectivity index (χ0v) is 20.4. The number of fused-ring (bicyclic) bond motifs is 1. The van der Waals surface area contributed by atoms with Gasteiger partial charge >= 0.3 is 6.18 Å². The fourth-order valence-electron chi connectivity index (χ4n) is 3.82. The van der Waals surface area contributed by atoms with E-state index in [9.17, 15) is 22.4 Å². The number of benzene rings is 2. The number of para-hydroxylation sites is 1. The Bertz CT molecular complexity index is 1570. The smallest absolute Gasteiger partial charge is 0.366 e. The molecule has 194 valence electrons. The number of allylic oxidation sites excluding steroid dienone is 5. The van der Waals surface area contributed by atoms with E-state index >= 15 is 0 Å². The molecule has 0 aliphatic rings. The SMILES string of the molecule is C=C(/C=C\C=C/C)n1c(Nc2ccccc2)cc(=O)c2c(C(F)(F)F)cc(NCc3ccc(F)cc3)nc21. The van der Waals surface area contributed by atoms with Gasteiger partial charge in [0.05, 0.1) is 10.9 Å². The van der Waals surface area contributed by atoms with Crippen LogP contribution in [0.25, 0.3) is 16.7 Å². The lowest BCUT2D eigenvalue weighted by Gasteiger charge is -2.20. The standard InChI is InChI=1S/C29H24F4N4O/c1-3-4-6-9-19(2)37-26(35-22-10-7-5-8-11-22)17-24(38)27-23(29(31,32)33)16-25(36-28(27)37)34-18-20-12-14-21(30)15-13-20/h3-17,35H,2,18H2,1H3,(H,34,36)/b4-3-,9-6-. The number of hydrogen-bond acceptors (Lipinski definition) is 4. The lowest BCUT2D eigenvalue weighted by molar-refractivity contribution is -0.136. The fraction of sp³-hybridized carbons (Fsp3) is 0.103. The number of rotatable bonds is 8. The van der Waals surface area contributed by atoms with Crippen molar-refractivity contribution in [3.8, 4) is 0 Å². The Hall–Kier alpha value is -4.66. The average Bonchev–Trinajstić information content (AvgIpc) is 2.88. The van der Waals surface area contributed by atoms with Gasteiger partial charge in [0.15, 0.2) is 11.1 Å². The Balaban J connectivity index is 1.94. The Morgan fingerprint density at radius 1 is 1.05 bits per heavy atom. The van der Waals surface area contributed by atoms with Gasteiger partial charge in [-0.05, 0) is 48.9 Å². The topological polar surface area (TPSA) is 59.0 Å². The van der Waals surface area contributed by atoms with E-state index < -0.39 is 28.4 Å². The van der Waals surface area contributed by atoms with Gasteiger partial charge in [-0.25, -0.2) is 9.37 Å². The molecule has 0 radical (unpaired) electrons. The molecule has 0 amide bonds. The third kappa shape index (κ3) is 6.00. The maximum Gasteiger partial charge on any atom is 0.417 e. The van der Waals surface area contributed by atoms with Crippen LogP contribution in [0.5, 0.6) is 0 Å². The van der Waals surface area contributed by atoms with E-state index in [2.05, 4.69) is 22.2 Å². The Kier molecular flexibility index (Phi) is 7.76. The summed E-state index contributed by atoms with van der Waals surface area (Å²) in [6.45, 7) is 5.93. The van der Waals surface area contributed by atoms with Crippen LogP contribution < -0.4 is 16.1 Å². The summed E-state index contributed by atoms with van der Waals surface area (Å²) in [6.07, 6.45) is 1.98. The second-order valence-corrected chi connectivity index (χ2v) is 8.33. The van der Waals surface area contributed by atoms with Crippen molar-refractivity contribution in [1.29, 1.82) is 0 Å². The second kappa shape index (κ2) is 11.2. The molecule has 0 fully saturated rings. The van der Waals surface area contributed by atoms with E-state index in [4.69, 9.17) is 0 Å². The van der Waals surface area contributed by atoms with Gasteiger partial charge in [-0.15, -0.1) is 0 Å². The first kappa shape index (κ1) is 26.4. The molecular formula is C29H24F4N4O. The van der Waals surface area contributed by atoms with Crippen molar-refractivity contribution in [1.82, 2.24) is 9.55 Å². The molecule has 0 aliphatic carbocycles. The summed E-state index contributed by atoms with van der Waals surface area (Å²) in [4.78, 5) is 17.5. The molecule has 5 nitrogen and oxygen atoms in total. The summed E-state index contributed by atoms with van der Waals surface area (Å²) in [5.74, 6) is -0.339. The molecule has 0 atom stereocenters. The first-order valence-electron chi connectivity index (χ1n) is 11.6. The number of nitrogens with one attached hydrogen (secondary N) is 2. The van der Waals surface area contributed by atoms with E-state index in [0.717, 1.165) is 12.1 Å². The van der Waals surface area contributed by atoms with Crippen LogP contribution in [0.3, 0.4) is 0 Å². The number of aromatic nitrogens is 2. The molecule has 38 heavy (non-hydrogen) atoms. The van der Waals surface area contributed by atoms with Gasteiger partial charge in [0.25, 0.3) is 0 Å². The van der Waals surface area contributed by atoms with Crippen LogP contribution >= 0.6 is 0 Å². The quantitative estimate of drug-likeness (QED) is 0.186. The van der Waals surface area contributed by atoms with E-state index in [-0.39, 0.29) is 29.5 Å². The van der Waals surface area contributed by atoms with Gasteiger partial charge in [0.1, 0.15) is 17.5 Å². The lowest BCUT2D eigenvalue weighted by atomic mass is 10.1. The number of hydrogen-bond donors (Lipinski definition) is 2. The van der Waals surface area contributed by atoms with Crippen LogP contribution in [0.15, 0.2) is 102 Å². The van der Waals surface area contributed by atoms with Gasteiger partial charge in [0, 0.05) is 24.0 Å². The first-order valence-corrected chi connectivity index (χ1v) is 11.6. The van der Waals surface area contributed by atoms with Crippen molar-refractivity contribution in [2.45, 2.75) is 19.6 Å². The van der Waals surface area contributed by atoms with Crippen LogP contribution in [0.4, 0.5) is 34.9 Å². The monoisotopic (exact) mass is 520 g/mol. The number of alkyl halides is 3. The highest BCUT2D eigenvalue weighted by atomic mass is 19.4. The van der Waals surface area contributed by atoms with Crippen molar-refractivity contribution < 1.29 is 17.6 Å². The van der Waals surface area contributed by atoms with Crippen molar-refractivity contribution >= 4 is 34.1 Å². The molecule has 2 aromatic carbocycles. The van der Waals surface area contributed by atoms with Crippen LogP contribution in [-0.4, -0.2) is 9.55 Å². The molecule has 2 aromatic heterocycles. The molecule has 2 N–H and O–H groups in total. The molecule has 4 aromatic rings. The summed E-state index contributed by atoms with van der Waals surface area (Å²) >= 11 is 0. The van der Waals surface area contributed by atoms with Crippen LogP contribution in [-0.2, 0) is 12.7 Å². The van der Waals surface area contributed by atoms with Crippen molar-refractivity contribution in [3.05, 3.63) is 125 Å². The number of anilines is 3. The van der Waals surface area contributed by atoms with Gasteiger partial charge in [-0.1, -0.05) is 55.1 Å². The number of pyridine rings is 2. The average molecular weight is 521 g/mol. The van der Waals surface area contributed by atoms with Crippen LogP contribution in [0.2, 0.25) is 0 Å². The zero-order valence-electron chi connectivity index (χ0n) is 20.4. The largest absolute Gasteiger partial charge is 0.417 e. The normalized spacial score (nSPS) is 11.9. The summed E-state index contributed by atoms with van der Waals surface area (Å²) in [6, 6.07) is 16.3. The lowest BCUT2D eigenvalue weighted by Crippen LogP contribution is -2.19. The molecule has 0 bridgehead atoms. The van der Waals surface area contributed by atoms with Crippen molar-refractivity contribution in [2.75, 3.05) is 10.6 Å². The van der Waals surface area contributed by atoms with E-state index in [1.807, 2.05) is 13.0 Å². The number of halogens is 4. The van der Waals surface area contributed by atoms with Gasteiger partial charge in [-0.3, -0.25) is 9.36 Å². The minimum atomic E-state index is -4.83. The Labute approximate surface area is 216 Å². The second-order valence-electron chi connectivity index (χ2n) is 8.33. The summed E-state index contributed by atoms with van der Waals surface area (Å²) in [5.41, 5.74) is -0.654. The van der Waals surface area contributed by atoms with Gasteiger partial charge in [-0.2, -0.15) is 13.2 Å². The molecule has 9 heteroatoms. The fourth-order valence-corrected chi connectivity index (χ4v) is 3.82. The minimum absolute atomic E-state index is 0.0877. The van der Waals surface area contributed by atoms with Gasteiger partial charge in [0.2, 0.25) is 0 Å². The molecular weight excluding hydrogens is 496 g/mol. The maximum atomic E-state index is 14.2. The van der Waals surface area contributed by atoms with Crippen molar-refractivity contribution in [2.24, 2.45) is 0 Å². The highest BCUT2D eigenvalue weighted by molar-refractivity contribution is 5.88. The van der Waals surface area contributed by atoms with Crippen LogP contribution in [0.1, 0.15) is 18.1 Å². The first-order chi connectivity index (χ1) is 18.2. The third-order valence-corrected chi connectivity index (χ3v) is 5.59. The summed E-state index contributed by atoms with van der Waals surface area (Å²) in [5, 5.41) is 5.37. The Morgan fingerprint density at radius 3 is 2.42 bits per heavy atom. The van der Waals surface area contributed by atoms with E-state index in [0.29, 0.717) is 11.3 Å². The molecule has 0 saturated carbocycles. The van der Waals surface area contributed by atoms with Gasteiger partial charge < -0.3 is 10.6 Å². The van der Waals surface area contributed by atoms with E-state index in [1.165, 1.54) is 28.8 Å². The third-order valence-electron chi connectivity index (χ3n) is 5.59. The molecule has 0 saturated heterocycles. The molecule has 2 heterocycles. The number of nitrogens with zero attached hydrogens (tertiary/aromatic N) is 2.